The van der Waals surface area contributed by atoms with Crippen molar-refractivity contribution < 1.29 is 14.2 Å². The van der Waals surface area contributed by atoms with Crippen molar-refractivity contribution in [3.05, 3.63) is 59.2 Å². The van der Waals surface area contributed by atoms with Gasteiger partial charge in [0.2, 0.25) is 0 Å². The number of methoxy groups -OCH3 is 2. The van der Waals surface area contributed by atoms with E-state index in [2.05, 4.69) is 56.5 Å². The lowest BCUT2D eigenvalue weighted by atomic mass is 10.0. The number of morpholine rings is 1. The second kappa shape index (κ2) is 10.7. The van der Waals surface area contributed by atoms with E-state index < -0.39 is 0 Å². The van der Waals surface area contributed by atoms with E-state index in [1.165, 1.54) is 16.7 Å². The van der Waals surface area contributed by atoms with Crippen LogP contribution in [0.15, 0.2) is 47.5 Å². The van der Waals surface area contributed by atoms with Gasteiger partial charge in [0.25, 0.3) is 0 Å². The van der Waals surface area contributed by atoms with Crippen LogP contribution in [0.4, 0.5) is 0 Å². The lowest BCUT2D eigenvalue weighted by molar-refractivity contribution is 0.0168. The van der Waals surface area contributed by atoms with Gasteiger partial charge >= 0.3 is 0 Å². The molecule has 2 aromatic carbocycles. The van der Waals surface area contributed by atoms with Gasteiger partial charge in [0.1, 0.15) is 0 Å². The van der Waals surface area contributed by atoms with Gasteiger partial charge in [0, 0.05) is 39.8 Å². The fourth-order valence-corrected chi connectivity index (χ4v) is 4.60. The van der Waals surface area contributed by atoms with Crippen molar-refractivity contribution >= 4 is 5.96 Å². The maximum Gasteiger partial charge on any atom is 0.194 e. The number of fused-ring (bicyclic) bond motifs is 1. The Morgan fingerprint density at radius 3 is 2.50 bits per heavy atom. The number of benzene rings is 2. The van der Waals surface area contributed by atoms with Gasteiger partial charge in [-0.05, 0) is 35.2 Å². The summed E-state index contributed by atoms with van der Waals surface area (Å²) in [6, 6.07) is 15.1. The summed E-state index contributed by atoms with van der Waals surface area (Å²) in [5, 5.41) is 3.65. The molecule has 1 fully saturated rings. The molecule has 2 aliphatic rings. The Balaban J connectivity index is 1.51. The van der Waals surface area contributed by atoms with E-state index >= 15 is 0 Å². The zero-order chi connectivity index (χ0) is 22.3. The third-order valence-corrected chi connectivity index (χ3v) is 6.37. The van der Waals surface area contributed by atoms with E-state index in [0.29, 0.717) is 0 Å². The van der Waals surface area contributed by atoms with E-state index in [0.717, 1.165) is 69.8 Å². The van der Waals surface area contributed by atoms with Crippen LogP contribution < -0.4 is 14.8 Å². The van der Waals surface area contributed by atoms with Gasteiger partial charge in [-0.25, -0.2) is 0 Å². The normalized spacial score (nSPS) is 18.1. The molecule has 2 aliphatic heterocycles. The van der Waals surface area contributed by atoms with Crippen LogP contribution in [0.1, 0.15) is 22.7 Å². The summed E-state index contributed by atoms with van der Waals surface area (Å²) in [5.41, 5.74) is 4.01. The number of hydrogen-bond donors (Lipinski definition) is 1. The molecule has 1 saturated heterocycles. The Hall–Kier alpha value is -2.77. The first kappa shape index (κ1) is 22.4. The second-order valence-corrected chi connectivity index (χ2v) is 8.15. The van der Waals surface area contributed by atoms with Crippen LogP contribution >= 0.6 is 0 Å². The third kappa shape index (κ3) is 5.00. The zero-order valence-electron chi connectivity index (χ0n) is 19.3. The molecule has 2 heterocycles. The van der Waals surface area contributed by atoms with Gasteiger partial charge in [-0.15, -0.1) is 0 Å². The summed E-state index contributed by atoms with van der Waals surface area (Å²) in [7, 11) is 5.21. The number of ether oxygens (including phenoxy) is 3. The van der Waals surface area contributed by atoms with Crippen molar-refractivity contribution in [3.63, 3.8) is 0 Å². The number of rotatable bonds is 6. The van der Waals surface area contributed by atoms with Gasteiger partial charge in [-0.2, -0.15) is 0 Å². The number of hydrogen-bond acceptors (Lipinski definition) is 5. The van der Waals surface area contributed by atoms with Crippen LogP contribution in [-0.4, -0.2) is 76.4 Å². The Labute approximate surface area is 191 Å². The highest BCUT2D eigenvalue weighted by molar-refractivity contribution is 5.80. The minimum Gasteiger partial charge on any atom is -0.493 e. The molecule has 7 heteroatoms. The molecule has 1 unspecified atom stereocenters. The van der Waals surface area contributed by atoms with Crippen LogP contribution in [0.3, 0.4) is 0 Å². The largest absolute Gasteiger partial charge is 0.493 e. The monoisotopic (exact) mass is 438 g/mol. The average Bonchev–Trinajstić information content (AvgIpc) is 2.86. The van der Waals surface area contributed by atoms with Crippen molar-refractivity contribution in [2.75, 3.05) is 60.7 Å². The summed E-state index contributed by atoms with van der Waals surface area (Å²) >= 11 is 0. The Kier molecular flexibility index (Phi) is 7.50. The molecule has 1 atom stereocenters. The lowest BCUT2D eigenvalue weighted by Crippen LogP contribution is -2.48. The SMILES string of the molecule is CN=C(NCC(c1ccc(OC)c(OC)c1)N1CCOCC1)N1CCc2ccccc2C1. The van der Waals surface area contributed by atoms with Gasteiger partial charge in [-0.3, -0.25) is 9.89 Å². The standard InChI is InChI=1S/C25H34N4O3/c1-26-25(29-11-10-19-6-4-5-7-21(19)18-29)27-17-22(28-12-14-32-15-13-28)20-8-9-23(30-2)24(16-20)31-3/h4-9,16,22H,10-15,17-18H2,1-3H3,(H,26,27). The Morgan fingerprint density at radius 2 is 1.78 bits per heavy atom. The van der Waals surface area contributed by atoms with E-state index in [-0.39, 0.29) is 6.04 Å². The fourth-order valence-electron chi connectivity index (χ4n) is 4.60. The molecule has 0 spiro atoms. The maximum absolute atomic E-state index is 5.60. The van der Waals surface area contributed by atoms with Crippen molar-refractivity contribution in [3.8, 4) is 11.5 Å². The number of aliphatic imine (C=N–C) groups is 1. The molecule has 4 rings (SSSR count). The molecule has 0 aliphatic carbocycles. The van der Waals surface area contributed by atoms with Gasteiger partial charge in [-0.1, -0.05) is 30.3 Å². The first-order valence-electron chi connectivity index (χ1n) is 11.3. The highest BCUT2D eigenvalue weighted by atomic mass is 16.5. The molecule has 0 amide bonds. The van der Waals surface area contributed by atoms with Gasteiger partial charge < -0.3 is 24.4 Å². The minimum absolute atomic E-state index is 0.174. The van der Waals surface area contributed by atoms with Crippen LogP contribution in [0.25, 0.3) is 0 Å². The molecule has 0 saturated carbocycles. The minimum atomic E-state index is 0.174. The topological polar surface area (TPSA) is 58.6 Å². The summed E-state index contributed by atoms with van der Waals surface area (Å²) in [5.74, 6) is 2.44. The predicted molar refractivity (Wildman–Crippen MR) is 127 cm³/mol. The van der Waals surface area contributed by atoms with Crippen molar-refractivity contribution in [1.82, 2.24) is 15.1 Å². The van der Waals surface area contributed by atoms with Crippen molar-refractivity contribution in [1.29, 1.82) is 0 Å². The molecule has 32 heavy (non-hydrogen) atoms. The zero-order valence-corrected chi connectivity index (χ0v) is 19.3. The van der Waals surface area contributed by atoms with Crippen LogP contribution in [-0.2, 0) is 17.7 Å². The van der Waals surface area contributed by atoms with Crippen LogP contribution in [0.5, 0.6) is 11.5 Å². The molecule has 0 radical (unpaired) electrons. The summed E-state index contributed by atoms with van der Waals surface area (Å²) in [6.45, 7) is 5.90. The second-order valence-electron chi connectivity index (χ2n) is 8.15. The third-order valence-electron chi connectivity index (χ3n) is 6.37. The predicted octanol–water partition coefficient (Wildman–Crippen LogP) is 2.71. The number of nitrogens with one attached hydrogen (secondary N) is 1. The molecule has 1 N–H and O–H groups in total. The van der Waals surface area contributed by atoms with E-state index in [1.807, 2.05) is 13.1 Å². The first-order valence-corrected chi connectivity index (χ1v) is 11.3. The quantitative estimate of drug-likeness (QED) is 0.553. The molecular formula is C25H34N4O3. The first-order chi connectivity index (χ1) is 15.7. The van der Waals surface area contributed by atoms with Crippen molar-refractivity contribution in [2.45, 2.75) is 19.0 Å². The van der Waals surface area contributed by atoms with Crippen LogP contribution in [0, 0.1) is 0 Å². The highest BCUT2D eigenvalue weighted by Crippen LogP contribution is 2.32. The van der Waals surface area contributed by atoms with E-state index in [4.69, 9.17) is 14.2 Å². The van der Waals surface area contributed by atoms with Crippen molar-refractivity contribution in [2.24, 2.45) is 4.99 Å². The summed E-state index contributed by atoms with van der Waals surface area (Å²) in [4.78, 5) is 9.41. The number of guanidine groups is 1. The lowest BCUT2D eigenvalue weighted by Gasteiger charge is -2.37. The summed E-state index contributed by atoms with van der Waals surface area (Å²) < 4.78 is 16.6. The molecule has 0 bridgehead atoms. The Bertz CT molecular complexity index is 927. The smallest absolute Gasteiger partial charge is 0.194 e. The fraction of sp³-hybridized carbons (Fsp3) is 0.480. The van der Waals surface area contributed by atoms with Gasteiger partial charge in [0.15, 0.2) is 17.5 Å². The molecular weight excluding hydrogens is 404 g/mol. The van der Waals surface area contributed by atoms with E-state index in [1.54, 1.807) is 14.2 Å². The summed E-state index contributed by atoms with van der Waals surface area (Å²) in [6.07, 6.45) is 1.04. The van der Waals surface area contributed by atoms with Crippen LogP contribution in [0.2, 0.25) is 0 Å². The molecule has 2 aromatic rings. The Morgan fingerprint density at radius 1 is 1.03 bits per heavy atom. The maximum atomic E-state index is 5.60. The average molecular weight is 439 g/mol. The molecule has 172 valence electrons. The van der Waals surface area contributed by atoms with Gasteiger partial charge in [0.05, 0.1) is 33.5 Å². The molecule has 7 nitrogen and oxygen atoms in total. The van der Waals surface area contributed by atoms with E-state index in [9.17, 15) is 0 Å². The highest BCUT2D eigenvalue weighted by Gasteiger charge is 2.25. The number of nitrogens with zero attached hydrogens (tertiary/aromatic N) is 3. The molecule has 0 aromatic heterocycles.